The molecule has 29 heavy (non-hydrogen) atoms. The number of hydrogen-bond donors (Lipinski definition) is 2. The predicted octanol–water partition coefficient (Wildman–Crippen LogP) is 3.80. The van der Waals surface area contributed by atoms with Crippen molar-refractivity contribution in [3.63, 3.8) is 0 Å². The van der Waals surface area contributed by atoms with Crippen LogP contribution >= 0.6 is 0 Å². The first-order chi connectivity index (χ1) is 13.5. The minimum atomic E-state index is -4.52. The highest BCUT2D eigenvalue weighted by Gasteiger charge is 2.47. The molecule has 4 rings (SSSR count). The standard InChI is InChI=1S/C19H21F3N4O3/c1-18(2,3)25-17(27)11-8-23-26-15(19(20,21)22)7-12(24-16(11)26)10-4-5-13-14(6-10)29-9-28-13/h4-6,8,12,15,24H,7,9H2,1-3H3,(H,25,27)/t12-,15-/m0/s1. The van der Waals surface area contributed by atoms with Gasteiger partial charge in [0.15, 0.2) is 17.5 Å². The number of nitrogens with one attached hydrogen (secondary N) is 2. The average Bonchev–Trinajstić information content (AvgIpc) is 3.24. The van der Waals surface area contributed by atoms with E-state index >= 15 is 0 Å². The van der Waals surface area contributed by atoms with Gasteiger partial charge in [0.2, 0.25) is 6.79 Å². The summed E-state index contributed by atoms with van der Waals surface area (Å²) < 4.78 is 52.8. The van der Waals surface area contributed by atoms with Gasteiger partial charge in [-0.3, -0.25) is 4.79 Å². The zero-order valence-electron chi connectivity index (χ0n) is 16.1. The molecular weight excluding hydrogens is 389 g/mol. The van der Waals surface area contributed by atoms with E-state index in [0.717, 1.165) is 4.68 Å². The molecule has 0 aliphatic carbocycles. The fourth-order valence-corrected chi connectivity index (χ4v) is 3.49. The highest BCUT2D eigenvalue weighted by atomic mass is 19.4. The summed E-state index contributed by atoms with van der Waals surface area (Å²) in [6.07, 6.45) is -3.61. The van der Waals surface area contributed by atoms with Gasteiger partial charge in [-0.05, 0) is 38.5 Å². The quantitative estimate of drug-likeness (QED) is 0.788. The molecule has 1 amide bonds. The number of anilines is 1. The van der Waals surface area contributed by atoms with Gasteiger partial charge in [0, 0.05) is 12.0 Å². The Kier molecular flexibility index (Phi) is 4.39. The fourth-order valence-electron chi connectivity index (χ4n) is 3.49. The van der Waals surface area contributed by atoms with Crippen LogP contribution in [-0.2, 0) is 0 Å². The summed E-state index contributed by atoms with van der Waals surface area (Å²) in [6, 6.07) is 2.49. The maximum Gasteiger partial charge on any atom is 0.410 e. The number of carbonyl (C=O) groups excluding carboxylic acids is 1. The molecule has 156 valence electrons. The van der Waals surface area contributed by atoms with Crippen molar-refractivity contribution in [1.29, 1.82) is 0 Å². The Morgan fingerprint density at radius 1 is 1.24 bits per heavy atom. The molecule has 0 saturated heterocycles. The van der Waals surface area contributed by atoms with Crippen LogP contribution in [0.15, 0.2) is 24.4 Å². The van der Waals surface area contributed by atoms with Crippen molar-refractivity contribution in [2.24, 2.45) is 0 Å². The van der Waals surface area contributed by atoms with Gasteiger partial charge in [0.25, 0.3) is 5.91 Å². The Morgan fingerprint density at radius 2 is 1.97 bits per heavy atom. The first kappa shape index (κ1) is 19.4. The second-order valence-electron chi connectivity index (χ2n) is 8.16. The molecule has 0 saturated carbocycles. The topological polar surface area (TPSA) is 77.4 Å². The van der Waals surface area contributed by atoms with E-state index in [-0.39, 0.29) is 24.6 Å². The Labute approximate surface area is 165 Å². The molecule has 2 aliphatic heterocycles. The number of halogens is 3. The zero-order valence-corrected chi connectivity index (χ0v) is 16.1. The van der Waals surface area contributed by atoms with Gasteiger partial charge in [-0.1, -0.05) is 6.07 Å². The lowest BCUT2D eigenvalue weighted by Crippen LogP contribution is -2.41. The minimum Gasteiger partial charge on any atom is -0.454 e. The van der Waals surface area contributed by atoms with Crippen molar-refractivity contribution in [3.8, 4) is 11.5 Å². The van der Waals surface area contributed by atoms with E-state index in [2.05, 4.69) is 15.7 Å². The number of benzene rings is 1. The van der Waals surface area contributed by atoms with Crippen LogP contribution in [0, 0.1) is 0 Å². The van der Waals surface area contributed by atoms with Crippen molar-refractivity contribution < 1.29 is 27.4 Å². The van der Waals surface area contributed by atoms with E-state index in [1.54, 1.807) is 39.0 Å². The molecule has 7 nitrogen and oxygen atoms in total. The molecule has 1 aromatic heterocycles. The number of amides is 1. The van der Waals surface area contributed by atoms with Crippen LogP contribution in [0.1, 0.15) is 55.2 Å². The van der Waals surface area contributed by atoms with Gasteiger partial charge in [0.05, 0.1) is 12.2 Å². The van der Waals surface area contributed by atoms with Gasteiger partial charge in [-0.15, -0.1) is 0 Å². The maximum atomic E-state index is 13.8. The summed E-state index contributed by atoms with van der Waals surface area (Å²) >= 11 is 0. The third-order valence-electron chi connectivity index (χ3n) is 4.77. The van der Waals surface area contributed by atoms with Gasteiger partial charge >= 0.3 is 6.18 Å². The third kappa shape index (κ3) is 3.70. The summed E-state index contributed by atoms with van der Waals surface area (Å²) in [4.78, 5) is 12.6. The highest BCUT2D eigenvalue weighted by molar-refractivity contribution is 5.99. The predicted molar refractivity (Wildman–Crippen MR) is 98.1 cm³/mol. The Morgan fingerprint density at radius 3 is 2.66 bits per heavy atom. The molecule has 3 heterocycles. The summed E-state index contributed by atoms with van der Waals surface area (Å²) in [5, 5.41) is 9.70. The number of nitrogens with zero attached hydrogens (tertiary/aromatic N) is 2. The Bertz CT molecular complexity index is 949. The largest absolute Gasteiger partial charge is 0.454 e. The number of alkyl halides is 3. The number of aromatic nitrogens is 2. The number of hydrogen-bond acceptors (Lipinski definition) is 5. The van der Waals surface area contributed by atoms with Crippen LogP contribution in [0.2, 0.25) is 0 Å². The first-order valence-corrected chi connectivity index (χ1v) is 9.16. The van der Waals surface area contributed by atoms with Crippen molar-refractivity contribution in [3.05, 3.63) is 35.5 Å². The smallest absolute Gasteiger partial charge is 0.410 e. The van der Waals surface area contributed by atoms with Crippen LogP contribution in [-0.4, -0.2) is 34.2 Å². The number of ether oxygens (including phenoxy) is 2. The van der Waals surface area contributed by atoms with E-state index < -0.39 is 29.7 Å². The average molecular weight is 410 g/mol. The second-order valence-corrected chi connectivity index (χ2v) is 8.16. The van der Waals surface area contributed by atoms with Crippen molar-refractivity contribution in [2.75, 3.05) is 12.1 Å². The number of carbonyl (C=O) groups is 1. The molecule has 2 N–H and O–H groups in total. The van der Waals surface area contributed by atoms with Crippen LogP contribution in [0.5, 0.6) is 11.5 Å². The number of rotatable bonds is 2. The molecule has 0 radical (unpaired) electrons. The zero-order chi connectivity index (χ0) is 21.0. The summed E-state index contributed by atoms with van der Waals surface area (Å²) in [7, 11) is 0. The normalized spacial score (nSPS) is 20.8. The lowest BCUT2D eigenvalue weighted by atomic mass is 9.96. The highest BCUT2D eigenvalue weighted by Crippen LogP contribution is 2.45. The van der Waals surface area contributed by atoms with Gasteiger partial charge in [-0.2, -0.15) is 18.3 Å². The first-order valence-electron chi connectivity index (χ1n) is 9.16. The molecule has 0 fully saturated rings. The van der Waals surface area contributed by atoms with Gasteiger partial charge in [0.1, 0.15) is 11.4 Å². The molecule has 2 aliphatic rings. The molecule has 0 spiro atoms. The molecule has 1 aromatic carbocycles. The summed E-state index contributed by atoms with van der Waals surface area (Å²) in [5.41, 5.74) is 0.138. The molecule has 0 unspecified atom stereocenters. The Balaban J connectivity index is 1.72. The molecule has 0 bridgehead atoms. The molecule has 2 atom stereocenters. The van der Waals surface area contributed by atoms with E-state index in [9.17, 15) is 18.0 Å². The third-order valence-corrected chi connectivity index (χ3v) is 4.77. The molecule has 2 aromatic rings. The van der Waals surface area contributed by atoms with E-state index in [1.165, 1.54) is 6.20 Å². The van der Waals surface area contributed by atoms with Crippen LogP contribution in [0.25, 0.3) is 0 Å². The van der Waals surface area contributed by atoms with Crippen LogP contribution in [0.3, 0.4) is 0 Å². The summed E-state index contributed by atoms with van der Waals surface area (Å²) in [5.74, 6) is 0.589. The second kappa shape index (κ2) is 6.57. The number of fused-ring (bicyclic) bond motifs is 2. The van der Waals surface area contributed by atoms with Crippen molar-refractivity contribution in [1.82, 2.24) is 15.1 Å². The van der Waals surface area contributed by atoms with Gasteiger partial charge < -0.3 is 20.1 Å². The van der Waals surface area contributed by atoms with E-state index in [0.29, 0.717) is 17.1 Å². The maximum absolute atomic E-state index is 13.8. The Hall–Kier alpha value is -2.91. The fraction of sp³-hybridized carbons (Fsp3) is 0.474. The summed E-state index contributed by atoms with van der Waals surface area (Å²) in [6.45, 7) is 5.46. The molecular formula is C19H21F3N4O3. The minimum absolute atomic E-state index is 0.0444. The lowest BCUT2D eigenvalue weighted by Gasteiger charge is -2.34. The lowest BCUT2D eigenvalue weighted by molar-refractivity contribution is -0.173. The van der Waals surface area contributed by atoms with Crippen LogP contribution in [0.4, 0.5) is 19.0 Å². The van der Waals surface area contributed by atoms with E-state index in [4.69, 9.17) is 9.47 Å². The van der Waals surface area contributed by atoms with Crippen molar-refractivity contribution in [2.45, 2.75) is 51.0 Å². The van der Waals surface area contributed by atoms with Gasteiger partial charge in [-0.25, -0.2) is 4.68 Å². The van der Waals surface area contributed by atoms with Crippen molar-refractivity contribution >= 4 is 11.7 Å². The SMILES string of the molecule is CC(C)(C)NC(=O)c1cnn2c1N[C@H](c1ccc3c(c1)OCO3)C[C@H]2C(F)(F)F. The monoisotopic (exact) mass is 410 g/mol. The van der Waals surface area contributed by atoms with Crippen LogP contribution < -0.4 is 20.1 Å². The van der Waals surface area contributed by atoms with E-state index in [1.807, 2.05) is 0 Å². The molecule has 10 heteroatoms.